The van der Waals surface area contributed by atoms with Crippen LogP contribution in [0.25, 0.3) is 5.69 Å². The van der Waals surface area contributed by atoms with E-state index in [0.29, 0.717) is 10.5 Å². The van der Waals surface area contributed by atoms with Gasteiger partial charge in [-0.25, -0.2) is 4.98 Å². The molecule has 0 spiro atoms. The minimum atomic E-state index is -1.55. The average molecular weight is 222 g/mol. The van der Waals surface area contributed by atoms with E-state index in [2.05, 4.69) is 4.98 Å². The highest BCUT2D eigenvalue weighted by Gasteiger charge is 2.15. The molecule has 0 bridgehead atoms. The highest BCUT2D eigenvalue weighted by Crippen LogP contribution is 2.13. The van der Waals surface area contributed by atoms with Crippen LogP contribution in [-0.4, -0.2) is 26.7 Å². The molecule has 6 heteroatoms. The van der Waals surface area contributed by atoms with Crippen LogP contribution >= 0.6 is 11.6 Å². The van der Waals surface area contributed by atoms with Crippen molar-refractivity contribution in [1.29, 1.82) is 0 Å². The van der Waals surface area contributed by atoms with Crippen molar-refractivity contribution in [2.24, 2.45) is 0 Å². The van der Waals surface area contributed by atoms with E-state index in [0.717, 1.165) is 5.69 Å². The fourth-order valence-corrected chi connectivity index (χ4v) is 1.57. The molecule has 15 heavy (non-hydrogen) atoms. The molecule has 0 saturated carbocycles. The Balaban J connectivity index is 2.42. The number of benzene rings is 1. The van der Waals surface area contributed by atoms with Gasteiger partial charge in [0.15, 0.2) is 0 Å². The van der Waals surface area contributed by atoms with Crippen LogP contribution in [0.5, 0.6) is 0 Å². The van der Waals surface area contributed by atoms with E-state index >= 15 is 0 Å². The summed E-state index contributed by atoms with van der Waals surface area (Å²) >= 11 is 5.89. The highest BCUT2D eigenvalue weighted by molar-refractivity contribution is 6.62. The molecule has 2 N–H and O–H groups in total. The Hall–Kier alpha value is -1.30. The zero-order chi connectivity index (χ0) is 10.8. The van der Waals surface area contributed by atoms with Crippen molar-refractivity contribution in [1.82, 2.24) is 9.55 Å². The van der Waals surface area contributed by atoms with Gasteiger partial charge in [0.1, 0.15) is 0 Å². The maximum Gasteiger partial charge on any atom is 0.489 e. The van der Waals surface area contributed by atoms with Gasteiger partial charge in [-0.2, -0.15) is 0 Å². The lowest BCUT2D eigenvalue weighted by Gasteiger charge is -2.06. The average Bonchev–Trinajstić information content (AvgIpc) is 2.69. The van der Waals surface area contributed by atoms with E-state index in [-0.39, 0.29) is 0 Å². The quantitative estimate of drug-likeness (QED) is 0.714. The van der Waals surface area contributed by atoms with E-state index in [1.165, 1.54) is 0 Å². The minimum Gasteiger partial charge on any atom is -0.423 e. The second-order valence-electron chi connectivity index (χ2n) is 3.05. The summed E-state index contributed by atoms with van der Waals surface area (Å²) in [4.78, 5) is 3.91. The molecule has 76 valence electrons. The molecule has 2 aromatic rings. The lowest BCUT2D eigenvalue weighted by molar-refractivity contribution is 0.426. The molecule has 4 nitrogen and oxygen atoms in total. The number of rotatable bonds is 2. The third-order valence-corrected chi connectivity index (χ3v) is 2.39. The topological polar surface area (TPSA) is 58.3 Å². The monoisotopic (exact) mass is 222 g/mol. The third-order valence-electron chi connectivity index (χ3n) is 2.06. The summed E-state index contributed by atoms with van der Waals surface area (Å²) in [6, 6.07) is 4.96. The van der Waals surface area contributed by atoms with Crippen LogP contribution in [0, 0.1) is 0 Å². The number of nitrogens with zero attached hydrogens (tertiary/aromatic N) is 2. The van der Waals surface area contributed by atoms with Gasteiger partial charge in [0, 0.05) is 28.6 Å². The van der Waals surface area contributed by atoms with E-state index in [4.69, 9.17) is 21.6 Å². The van der Waals surface area contributed by atoms with Crippen molar-refractivity contribution in [3.05, 3.63) is 41.9 Å². The molecule has 1 heterocycles. The largest absolute Gasteiger partial charge is 0.489 e. The highest BCUT2D eigenvalue weighted by atomic mass is 35.5. The van der Waals surface area contributed by atoms with Crippen molar-refractivity contribution in [2.75, 3.05) is 0 Å². The standard InChI is InChI=1S/C9H8BClN2O2/c11-9-5-7(13-4-3-12-6-13)1-2-8(9)10(14)15/h1-6,14-15H. The first-order chi connectivity index (χ1) is 7.18. The predicted molar refractivity (Wildman–Crippen MR) is 58.4 cm³/mol. The maximum absolute atomic E-state index is 8.98. The van der Waals surface area contributed by atoms with Crippen molar-refractivity contribution in [2.45, 2.75) is 0 Å². The van der Waals surface area contributed by atoms with Crippen molar-refractivity contribution in [3.8, 4) is 5.69 Å². The molecule has 0 fully saturated rings. The number of aromatic nitrogens is 2. The molecule has 0 aliphatic rings. The summed E-state index contributed by atoms with van der Waals surface area (Å²) in [5.74, 6) is 0. The van der Waals surface area contributed by atoms with Gasteiger partial charge in [-0.05, 0) is 12.1 Å². The van der Waals surface area contributed by atoms with Crippen LogP contribution in [0.1, 0.15) is 0 Å². The lowest BCUT2D eigenvalue weighted by atomic mass is 9.80. The normalized spacial score (nSPS) is 10.3. The van der Waals surface area contributed by atoms with Gasteiger partial charge in [0.2, 0.25) is 0 Å². The van der Waals surface area contributed by atoms with Gasteiger partial charge in [-0.15, -0.1) is 0 Å². The number of hydrogen-bond donors (Lipinski definition) is 2. The molecular formula is C9H8BClN2O2. The van der Waals surface area contributed by atoms with E-state index in [1.54, 1.807) is 41.5 Å². The number of halogens is 1. The van der Waals surface area contributed by atoms with E-state index in [9.17, 15) is 0 Å². The first-order valence-electron chi connectivity index (χ1n) is 4.32. The molecule has 0 aliphatic carbocycles. The molecule has 1 aromatic carbocycles. The van der Waals surface area contributed by atoms with Crippen molar-refractivity contribution < 1.29 is 10.0 Å². The van der Waals surface area contributed by atoms with Crippen LogP contribution < -0.4 is 5.46 Å². The minimum absolute atomic E-state index is 0.292. The van der Waals surface area contributed by atoms with Gasteiger partial charge in [0.25, 0.3) is 0 Å². The van der Waals surface area contributed by atoms with Gasteiger partial charge in [0.05, 0.1) is 6.33 Å². The first-order valence-corrected chi connectivity index (χ1v) is 4.70. The molecule has 0 unspecified atom stereocenters. The van der Waals surface area contributed by atoms with Gasteiger partial charge in [-0.1, -0.05) is 17.7 Å². The van der Waals surface area contributed by atoms with Gasteiger partial charge >= 0.3 is 7.12 Å². The molecular weight excluding hydrogens is 214 g/mol. The Kier molecular flexibility index (Phi) is 2.77. The zero-order valence-electron chi connectivity index (χ0n) is 7.71. The molecule has 1 aromatic heterocycles. The predicted octanol–water partition coefficient (Wildman–Crippen LogP) is 0.205. The first kappa shape index (κ1) is 10.2. The van der Waals surface area contributed by atoms with Crippen LogP contribution in [-0.2, 0) is 0 Å². The Morgan fingerprint density at radius 2 is 2.13 bits per heavy atom. The molecule has 0 atom stereocenters. The third kappa shape index (κ3) is 2.04. The molecule has 0 amide bonds. The molecule has 2 rings (SSSR count). The Morgan fingerprint density at radius 3 is 2.67 bits per heavy atom. The molecule has 0 aliphatic heterocycles. The fraction of sp³-hybridized carbons (Fsp3) is 0. The van der Waals surface area contributed by atoms with Crippen LogP contribution in [0.2, 0.25) is 5.02 Å². The van der Waals surface area contributed by atoms with Crippen LogP contribution in [0.15, 0.2) is 36.9 Å². The van der Waals surface area contributed by atoms with Crippen LogP contribution in [0.3, 0.4) is 0 Å². The molecule has 0 saturated heterocycles. The van der Waals surface area contributed by atoms with Crippen LogP contribution in [0.4, 0.5) is 0 Å². The smallest absolute Gasteiger partial charge is 0.423 e. The summed E-state index contributed by atoms with van der Waals surface area (Å²) < 4.78 is 1.78. The number of imidazole rings is 1. The van der Waals surface area contributed by atoms with Crippen molar-refractivity contribution in [3.63, 3.8) is 0 Å². The molecule has 0 radical (unpaired) electrons. The number of hydrogen-bond acceptors (Lipinski definition) is 3. The maximum atomic E-state index is 8.98. The SMILES string of the molecule is OB(O)c1ccc(-n2ccnc2)cc1Cl. The summed E-state index contributed by atoms with van der Waals surface area (Å²) in [5, 5.41) is 18.3. The summed E-state index contributed by atoms with van der Waals surface area (Å²) in [6.07, 6.45) is 5.07. The lowest BCUT2D eigenvalue weighted by Crippen LogP contribution is -2.30. The Bertz CT molecular complexity index is 459. The summed E-state index contributed by atoms with van der Waals surface area (Å²) in [5.41, 5.74) is 1.11. The zero-order valence-corrected chi connectivity index (χ0v) is 8.46. The summed E-state index contributed by atoms with van der Waals surface area (Å²) in [7, 11) is -1.55. The Morgan fingerprint density at radius 1 is 1.33 bits per heavy atom. The van der Waals surface area contributed by atoms with Gasteiger partial charge < -0.3 is 14.6 Å². The summed E-state index contributed by atoms with van der Waals surface area (Å²) in [6.45, 7) is 0. The van der Waals surface area contributed by atoms with E-state index in [1.807, 2.05) is 0 Å². The second-order valence-corrected chi connectivity index (χ2v) is 3.46. The van der Waals surface area contributed by atoms with E-state index < -0.39 is 7.12 Å². The van der Waals surface area contributed by atoms with Crippen molar-refractivity contribution >= 4 is 24.2 Å². The fourth-order valence-electron chi connectivity index (χ4n) is 1.30. The Labute approximate surface area is 91.9 Å². The van der Waals surface area contributed by atoms with Gasteiger partial charge in [-0.3, -0.25) is 0 Å². The second kappa shape index (κ2) is 4.06.